The van der Waals surface area contributed by atoms with E-state index in [0.717, 1.165) is 10.4 Å². The van der Waals surface area contributed by atoms with Crippen molar-refractivity contribution in [2.24, 2.45) is 5.10 Å². The van der Waals surface area contributed by atoms with E-state index in [1.165, 1.54) is 13.3 Å². The molecule has 0 atom stereocenters. The fraction of sp³-hybridized carbons (Fsp3) is 0.0909. The molecule has 0 saturated heterocycles. The van der Waals surface area contributed by atoms with E-state index in [4.69, 9.17) is 0 Å². The first kappa shape index (κ1) is 11.8. The van der Waals surface area contributed by atoms with Crippen LogP contribution in [0.3, 0.4) is 0 Å². The van der Waals surface area contributed by atoms with E-state index in [0.29, 0.717) is 0 Å². The second-order valence-corrected chi connectivity index (χ2v) is 3.41. The number of benzene rings is 1. The number of nitrogens with zero attached hydrogens (tertiary/aromatic N) is 3. The van der Waals surface area contributed by atoms with Gasteiger partial charge in [0.2, 0.25) is 5.69 Å². The van der Waals surface area contributed by atoms with Gasteiger partial charge in [-0.15, -0.1) is 9.89 Å². The number of aromatic amines is 1. The Kier molecular flexibility index (Phi) is 3.33. The van der Waals surface area contributed by atoms with Gasteiger partial charge in [-0.3, -0.25) is 9.59 Å². The predicted molar refractivity (Wildman–Crippen MR) is 65.7 cm³/mol. The molecular weight excluding hydrogens is 234 g/mol. The van der Waals surface area contributed by atoms with Crippen molar-refractivity contribution in [2.75, 3.05) is 7.05 Å². The monoisotopic (exact) mass is 245 g/mol. The van der Waals surface area contributed by atoms with E-state index in [-0.39, 0.29) is 5.69 Å². The number of aromatic nitrogens is 3. The van der Waals surface area contributed by atoms with Crippen molar-refractivity contribution >= 4 is 12.1 Å². The minimum atomic E-state index is -0.596. The summed E-state index contributed by atoms with van der Waals surface area (Å²) in [7, 11) is 1.42. The van der Waals surface area contributed by atoms with Crippen LogP contribution in [0.5, 0.6) is 0 Å². The highest BCUT2D eigenvalue weighted by molar-refractivity contribution is 5.91. The number of H-pyrrole nitrogens is 1. The van der Waals surface area contributed by atoms with Gasteiger partial charge in [-0.2, -0.15) is 10.3 Å². The van der Waals surface area contributed by atoms with Crippen molar-refractivity contribution < 1.29 is 4.79 Å². The Morgan fingerprint density at radius 3 is 2.83 bits per heavy atom. The molecule has 0 spiro atoms. The van der Waals surface area contributed by atoms with Crippen molar-refractivity contribution in [3.8, 4) is 0 Å². The Bertz CT molecular complexity index is 626. The maximum atomic E-state index is 11.7. The normalized spacial score (nSPS) is 10.7. The minimum Gasteiger partial charge on any atom is -0.354 e. The Morgan fingerprint density at radius 2 is 2.17 bits per heavy atom. The zero-order valence-electron chi connectivity index (χ0n) is 9.62. The number of carbonyl (C=O) groups excluding carboxylic acids is 1. The van der Waals surface area contributed by atoms with Gasteiger partial charge in [0.25, 0.3) is 5.91 Å². The van der Waals surface area contributed by atoms with Crippen LogP contribution in [0, 0.1) is 0 Å². The van der Waals surface area contributed by atoms with Gasteiger partial charge in [0, 0.05) is 7.05 Å². The van der Waals surface area contributed by atoms with Crippen LogP contribution in [0.1, 0.15) is 16.1 Å². The standard InChI is InChI=1S/C11H11N5O2/c1-12-10(17)9-11(18)16(15-14-9)13-7-8-5-3-2-4-6-8/h2-7,15H,1H3,(H,12,17)/b13-7+. The zero-order valence-corrected chi connectivity index (χ0v) is 9.62. The molecule has 2 aromatic rings. The molecule has 1 aromatic carbocycles. The number of nitrogens with one attached hydrogen (secondary N) is 2. The van der Waals surface area contributed by atoms with Crippen molar-refractivity contribution in [1.82, 2.24) is 20.4 Å². The first-order chi connectivity index (χ1) is 8.72. The van der Waals surface area contributed by atoms with Crippen LogP contribution in [-0.4, -0.2) is 34.3 Å². The van der Waals surface area contributed by atoms with E-state index in [1.807, 2.05) is 30.3 Å². The molecule has 92 valence electrons. The molecule has 7 nitrogen and oxygen atoms in total. The zero-order chi connectivity index (χ0) is 13.0. The third kappa shape index (κ3) is 2.34. The highest BCUT2D eigenvalue weighted by Crippen LogP contribution is 1.93. The molecule has 1 amide bonds. The molecule has 0 radical (unpaired) electrons. The van der Waals surface area contributed by atoms with E-state index < -0.39 is 11.5 Å². The summed E-state index contributed by atoms with van der Waals surface area (Å²) in [6.07, 6.45) is 1.49. The van der Waals surface area contributed by atoms with Gasteiger partial charge in [-0.05, 0) is 5.56 Å². The Labute approximate surface area is 102 Å². The Hall–Kier alpha value is -2.70. The lowest BCUT2D eigenvalue weighted by Gasteiger charge is -1.91. The van der Waals surface area contributed by atoms with E-state index in [2.05, 4.69) is 20.7 Å². The van der Waals surface area contributed by atoms with Crippen LogP contribution in [0.4, 0.5) is 0 Å². The molecule has 7 heteroatoms. The molecule has 0 bridgehead atoms. The number of carbonyl (C=O) groups is 1. The summed E-state index contributed by atoms with van der Waals surface area (Å²) >= 11 is 0. The SMILES string of the molecule is CNC(=O)c1n[nH]n(/N=C/c2ccccc2)c1=O. The summed E-state index contributed by atoms with van der Waals surface area (Å²) in [6, 6.07) is 9.26. The molecule has 1 aromatic heterocycles. The van der Waals surface area contributed by atoms with Crippen molar-refractivity contribution in [3.05, 3.63) is 51.9 Å². The summed E-state index contributed by atoms with van der Waals surface area (Å²) in [5, 5.41) is 12.2. The quantitative estimate of drug-likeness (QED) is 0.734. The number of hydrogen-bond donors (Lipinski definition) is 2. The van der Waals surface area contributed by atoms with Crippen LogP contribution in [0.15, 0.2) is 40.2 Å². The molecule has 0 fully saturated rings. The first-order valence-electron chi connectivity index (χ1n) is 5.21. The van der Waals surface area contributed by atoms with Crippen molar-refractivity contribution in [1.29, 1.82) is 0 Å². The third-order valence-electron chi connectivity index (χ3n) is 2.22. The summed E-state index contributed by atoms with van der Waals surface area (Å²) in [6.45, 7) is 0. The van der Waals surface area contributed by atoms with Crippen LogP contribution in [0.2, 0.25) is 0 Å². The molecular formula is C11H11N5O2. The third-order valence-corrected chi connectivity index (χ3v) is 2.22. The summed E-state index contributed by atoms with van der Waals surface area (Å²) in [5.41, 5.74) is 0.0183. The molecule has 18 heavy (non-hydrogen) atoms. The highest BCUT2D eigenvalue weighted by Gasteiger charge is 2.14. The van der Waals surface area contributed by atoms with Crippen LogP contribution < -0.4 is 10.9 Å². The minimum absolute atomic E-state index is 0.220. The molecule has 1 heterocycles. The van der Waals surface area contributed by atoms with Crippen molar-refractivity contribution in [3.63, 3.8) is 0 Å². The lowest BCUT2D eigenvalue weighted by atomic mass is 10.2. The summed E-state index contributed by atoms with van der Waals surface area (Å²) in [4.78, 5) is 23.8. The molecule has 0 saturated carbocycles. The number of hydrogen-bond acceptors (Lipinski definition) is 4. The molecule has 0 aliphatic heterocycles. The van der Waals surface area contributed by atoms with Gasteiger partial charge in [0.05, 0.1) is 6.21 Å². The van der Waals surface area contributed by atoms with Crippen LogP contribution in [0.25, 0.3) is 0 Å². The molecule has 0 aliphatic carbocycles. The lowest BCUT2D eigenvalue weighted by Crippen LogP contribution is -2.26. The Balaban J connectivity index is 2.26. The first-order valence-corrected chi connectivity index (χ1v) is 5.21. The average molecular weight is 245 g/mol. The average Bonchev–Trinajstić information content (AvgIpc) is 2.78. The summed E-state index contributed by atoms with van der Waals surface area (Å²) < 4.78 is 0. The van der Waals surface area contributed by atoms with Crippen molar-refractivity contribution in [2.45, 2.75) is 0 Å². The fourth-order valence-electron chi connectivity index (χ4n) is 1.30. The number of rotatable bonds is 3. The predicted octanol–water partition coefficient (Wildman–Crippen LogP) is -0.187. The van der Waals surface area contributed by atoms with E-state index in [9.17, 15) is 9.59 Å². The lowest BCUT2D eigenvalue weighted by molar-refractivity contribution is 0.0957. The molecule has 2 rings (SSSR count). The van der Waals surface area contributed by atoms with Gasteiger partial charge in [-0.25, -0.2) is 0 Å². The smallest absolute Gasteiger partial charge is 0.320 e. The summed E-state index contributed by atoms with van der Waals surface area (Å²) in [5.74, 6) is -0.551. The Morgan fingerprint density at radius 1 is 1.44 bits per heavy atom. The second kappa shape index (κ2) is 5.09. The van der Waals surface area contributed by atoms with E-state index >= 15 is 0 Å². The molecule has 0 aliphatic rings. The molecule has 0 unspecified atom stereocenters. The van der Waals surface area contributed by atoms with E-state index in [1.54, 1.807) is 0 Å². The number of amides is 1. The van der Waals surface area contributed by atoms with Gasteiger partial charge in [0.1, 0.15) is 0 Å². The van der Waals surface area contributed by atoms with Crippen LogP contribution in [-0.2, 0) is 0 Å². The second-order valence-electron chi connectivity index (χ2n) is 3.41. The van der Waals surface area contributed by atoms with Crippen LogP contribution >= 0.6 is 0 Å². The van der Waals surface area contributed by atoms with Gasteiger partial charge < -0.3 is 5.32 Å². The van der Waals surface area contributed by atoms with Gasteiger partial charge in [0.15, 0.2) is 0 Å². The largest absolute Gasteiger partial charge is 0.354 e. The van der Waals surface area contributed by atoms with Gasteiger partial charge >= 0.3 is 5.56 Å². The topological polar surface area (TPSA) is 92.1 Å². The fourth-order valence-corrected chi connectivity index (χ4v) is 1.30. The maximum Gasteiger partial charge on any atom is 0.320 e. The molecule has 2 N–H and O–H groups in total. The van der Waals surface area contributed by atoms with Gasteiger partial charge in [-0.1, -0.05) is 30.3 Å². The highest BCUT2D eigenvalue weighted by atomic mass is 16.2. The maximum absolute atomic E-state index is 11.7.